The Morgan fingerprint density at radius 3 is 2.36 bits per heavy atom. The molecule has 0 saturated heterocycles. The zero-order chi connectivity index (χ0) is 23.4. The zero-order valence-corrected chi connectivity index (χ0v) is 17.8. The fourth-order valence-corrected chi connectivity index (χ4v) is 3.84. The van der Waals surface area contributed by atoms with Gasteiger partial charge in [0.2, 0.25) is 0 Å². The SMILES string of the molecule is COC(=O)c1ccc(C2C(C(=O)c3ccncc3)=C(O)C(=O)N2CCc2cccnc2)cc1. The van der Waals surface area contributed by atoms with Crippen LogP contribution in [0, 0.1) is 0 Å². The van der Waals surface area contributed by atoms with Gasteiger partial charge >= 0.3 is 5.97 Å². The average molecular weight is 443 g/mol. The highest BCUT2D eigenvalue weighted by molar-refractivity contribution is 6.16. The molecule has 8 heteroatoms. The molecule has 8 nitrogen and oxygen atoms in total. The number of esters is 1. The van der Waals surface area contributed by atoms with Crippen LogP contribution in [-0.4, -0.2) is 51.3 Å². The molecule has 3 aromatic rings. The topological polar surface area (TPSA) is 110 Å². The summed E-state index contributed by atoms with van der Waals surface area (Å²) in [6.45, 7) is 0.255. The van der Waals surface area contributed by atoms with Gasteiger partial charge in [0.25, 0.3) is 5.91 Å². The lowest BCUT2D eigenvalue weighted by atomic mass is 9.92. The molecule has 0 bridgehead atoms. The maximum absolute atomic E-state index is 13.3. The molecule has 0 fully saturated rings. The second kappa shape index (κ2) is 9.44. The lowest BCUT2D eigenvalue weighted by molar-refractivity contribution is -0.129. The standard InChI is InChI=1S/C25H21N3O5/c1-33-25(32)19-6-4-17(5-7-19)21-20(22(29)18-8-12-26-13-9-18)23(30)24(31)28(21)14-10-16-3-2-11-27-15-16/h2-9,11-13,15,21,30H,10,14H2,1H3. The van der Waals surface area contributed by atoms with E-state index in [9.17, 15) is 19.5 Å². The van der Waals surface area contributed by atoms with Crippen molar-refractivity contribution in [2.45, 2.75) is 12.5 Å². The van der Waals surface area contributed by atoms with E-state index in [1.54, 1.807) is 42.7 Å². The van der Waals surface area contributed by atoms with Crippen molar-refractivity contribution >= 4 is 17.7 Å². The van der Waals surface area contributed by atoms with Crippen LogP contribution in [-0.2, 0) is 16.0 Å². The summed E-state index contributed by atoms with van der Waals surface area (Å²) in [5.74, 6) is -2.17. The first-order valence-corrected chi connectivity index (χ1v) is 10.3. The normalized spacial score (nSPS) is 15.6. The Morgan fingerprint density at radius 2 is 1.73 bits per heavy atom. The van der Waals surface area contributed by atoms with E-state index in [0.717, 1.165) is 5.56 Å². The molecular formula is C25H21N3O5. The predicted molar refractivity (Wildman–Crippen MR) is 118 cm³/mol. The van der Waals surface area contributed by atoms with Crippen molar-refractivity contribution in [2.75, 3.05) is 13.7 Å². The lowest BCUT2D eigenvalue weighted by Crippen LogP contribution is -2.33. The van der Waals surface area contributed by atoms with Gasteiger partial charge in [0.05, 0.1) is 24.3 Å². The number of aliphatic hydroxyl groups excluding tert-OH is 1. The van der Waals surface area contributed by atoms with Crippen molar-refractivity contribution in [3.63, 3.8) is 0 Å². The molecule has 1 amide bonds. The molecule has 33 heavy (non-hydrogen) atoms. The van der Waals surface area contributed by atoms with Gasteiger partial charge in [-0.2, -0.15) is 0 Å². The van der Waals surface area contributed by atoms with Gasteiger partial charge < -0.3 is 14.7 Å². The monoisotopic (exact) mass is 443 g/mol. The number of hydrogen-bond acceptors (Lipinski definition) is 7. The first kappa shape index (κ1) is 21.9. The van der Waals surface area contributed by atoms with E-state index in [0.29, 0.717) is 23.1 Å². The number of pyridine rings is 2. The number of benzene rings is 1. The molecule has 0 saturated carbocycles. The number of Topliss-reactive ketones (excluding diaryl/α,β-unsaturated/α-hetero) is 1. The molecular weight excluding hydrogens is 422 g/mol. The van der Waals surface area contributed by atoms with Crippen molar-refractivity contribution < 1.29 is 24.2 Å². The molecule has 1 unspecified atom stereocenters. The van der Waals surface area contributed by atoms with E-state index < -0.39 is 29.5 Å². The van der Waals surface area contributed by atoms with E-state index in [4.69, 9.17) is 4.74 Å². The number of aliphatic hydroxyl groups is 1. The number of nitrogens with zero attached hydrogens (tertiary/aromatic N) is 3. The third-order valence-corrected chi connectivity index (χ3v) is 5.50. The lowest BCUT2D eigenvalue weighted by Gasteiger charge is -2.27. The molecule has 1 aliphatic rings. The number of amides is 1. The Kier molecular flexibility index (Phi) is 6.26. The van der Waals surface area contributed by atoms with Crippen LogP contribution in [0.5, 0.6) is 0 Å². The van der Waals surface area contributed by atoms with Crippen LogP contribution in [0.1, 0.15) is 37.9 Å². The third-order valence-electron chi connectivity index (χ3n) is 5.50. The van der Waals surface area contributed by atoms with Crippen molar-refractivity contribution in [1.29, 1.82) is 0 Å². The Labute approximate surface area is 190 Å². The van der Waals surface area contributed by atoms with Crippen molar-refractivity contribution in [2.24, 2.45) is 0 Å². The van der Waals surface area contributed by atoms with E-state index in [1.165, 1.54) is 36.5 Å². The minimum Gasteiger partial charge on any atom is -0.503 e. The third kappa shape index (κ3) is 4.36. The molecule has 0 aliphatic carbocycles. The van der Waals surface area contributed by atoms with Gasteiger partial charge in [0, 0.05) is 36.9 Å². The zero-order valence-electron chi connectivity index (χ0n) is 17.8. The number of rotatable bonds is 7. The van der Waals surface area contributed by atoms with Crippen molar-refractivity contribution in [3.8, 4) is 0 Å². The van der Waals surface area contributed by atoms with Gasteiger partial charge in [0.1, 0.15) is 0 Å². The number of carbonyl (C=O) groups excluding carboxylic acids is 3. The maximum Gasteiger partial charge on any atom is 0.337 e. The summed E-state index contributed by atoms with van der Waals surface area (Å²) in [7, 11) is 1.29. The Morgan fingerprint density at radius 1 is 1.00 bits per heavy atom. The van der Waals surface area contributed by atoms with Crippen LogP contribution in [0.25, 0.3) is 0 Å². The maximum atomic E-state index is 13.3. The second-order valence-electron chi connectivity index (χ2n) is 7.45. The van der Waals surface area contributed by atoms with Crippen molar-refractivity contribution in [3.05, 3.63) is 107 Å². The number of aromatic nitrogens is 2. The Hall–Kier alpha value is -4.33. The smallest absolute Gasteiger partial charge is 0.337 e. The van der Waals surface area contributed by atoms with Gasteiger partial charge in [-0.1, -0.05) is 18.2 Å². The van der Waals surface area contributed by atoms with Gasteiger partial charge in [0.15, 0.2) is 11.5 Å². The van der Waals surface area contributed by atoms with Crippen LogP contribution in [0.2, 0.25) is 0 Å². The van der Waals surface area contributed by atoms with Crippen LogP contribution in [0.3, 0.4) is 0 Å². The molecule has 1 atom stereocenters. The Bertz CT molecular complexity index is 1210. The van der Waals surface area contributed by atoms with E-state index >= 15 is 0 Å². The molecule has 2 aromatic heterocycles. The van der Waals surface area contributed by atoms with Gasteiger partial charge in [-0.05, 0) is 47.9 Å². The molecule has 166 valence electrons. The summed E-state index contributed by atoms with van der Waals surface area (Å²) in [5.41, 5.74) is 2.14. The summed E-state index contributed by atoms with van der Waals surface area (Å²) >= 11 is 0. The van der Waals surface area contributed by atoms with Crippen LogP contribution >= 0.6 is 0 Å². The molecule has 4 rings (SSSR count). The highest BCUT2D eigenvalue weighted by Crippen LogP contribution is 2.39. The fourth-order valence-electron chi connectivity index (χ4n) is 3.84. The van der Waals surface area contributed by atoms with E-state index in [2.05, 4.69) is 9.97 Å². The average Bonchev–Trinajstić information content (AvgIpc) is 3.12. The number of hydrogen-bond donors (Lipinski definition) is 1. The predicted octanol–water partition coefficient (Wildman–Crippen LogP) is 3.08. The number of methoxy groups -OCH3 is 1. The van der Waals surface area contributed by atoms with E-state index in [1.807, 2.05) is 6.07 Å². The molecule has 3 heterocycles. The number of ketones is 1. The van der Waals surface area contributed by atoms with Crippen LogP contribution in [0.15, 0.2) is 84.7 Å². The molecule has 0 spiro atoms. The number of carbonyl (C=O) groups is 3. The molecule has 1 aromatic carbocycles. The highest BCUT2D eigenvalue weighted by Gasteiger charge is 2.43. The summed E-state index contributed by atoms with van der Waals surface area (Å²) in [6.07, 6.45) is 6.80. The first-order chi connectivity index (χ1) is 16.0. The van der Waals surface area contributed by atoms with Gasteiger partial charge in [-0.3, -0.25) is 19.6 Å². The minimum atomic E-state index is -0.818. The highest BCUT2D eigenvalue weighted by atomic mass is 16.5. The van der Waals surface area contributed by atoms with Crippen LogP contribution < -0.4 is 0 Å². The quantitative estimate of drug-likeness (QED) is 0.441. The second-order valence-corrected chi connectivity index (χ2v) is 7.45. The van der Waals surface area contributed by atoms with Gasteiger partial charge in [-0.25, -0.2) is 4.79 Å². The summed E-state index contributed by atoms with van der Waals surface area (Å²) < 4.78 is 4.74. The largest absolute Gasteiger partial charge is 0.503 e. The summed E-state index contributed by atoms with van der Waals surface area (Å²) in [5, 5.41) is 10.7. The van der Waals surface area contributed by atoms with E-state index in [-0.39, 0.29) is 12.1 Å². The molecule has 1 N–H and O–H groups in total. The summed E-state index contributed by atoms with van der Waals surface area (Å²) in [4.78, 5) is 47.7. The minimum absolute atomic E-state index is 0.0109. The fraction of sp³-hybridized carbons (Fsp3) is 0.160. The molecule has 0 radical (unpaired) electrons. The molecule has 1 aliphatic heterocycles. The van der Waals surface area contributed by atoms with Crippen LogP contribution in [0.4, 0.5) is 0 Å². The first-order valence-electron chi connectivity index (χ1n) is 10.3. The van der Waals surface area contributed by atoms with Crippen molar-refractivity contribution in [1.82, 2.24) is 14.9 Å². The van der Waals surface area contributed by atoms with Gasteiger partial charge in [-0.15, -0.1) is 0 Å². The Balaban J connectivity index is 1.72. The number of ether oxygens (including phenoxy) is 1. The summed E-state index contributed by atoms with van der Waals surface area (Å²) in [6, 6.07) is 12.4.